The molecule has 0 radical (unpaired) electrons. The lowest BCUT2D eigenvalue weighted by Crippen LogP contribution is -2.53. The Morgan fingerprint density at radius 2 is 2.29 bits per heavy atom. The van der Waals surface area contributed by atoms with Crippen molar-refractivity contribution in [2.45, 2.75) is 45.0 Å². The fourth-order valence-electron chi connectivity index (χ4n) is 3.13. The molecule has 2 aliphatic rings. The second-order valence-electron chi connectivity index (χ2n) is 6.08. The Hall–Kier alpha value is -2.06. The van der Waals surface area contributed by atoms with Crippen molar-refractivity contribution in [3.05, 3.63) is 35.2 Å². The average Bonchev–Trinajstić information content (AvgIpc) is 2.82. The molecule has 21 heavy (non-hydrogen) atoms. The minimum absolute atomic E-state index is 0.141. The molecule has 1 saturated heterocycles. The maximum atomic E-state index is 12.6. The normalized spacial score (nSPS) is 28.1. The van der Waals surface area contributed by atoms with E-state index in [2.05, 4.69) is 10.2 Å². The summed E-state index contributed by atoms with van der Waals surface area (Å²) in [5.41, 5.74) is 0.765. The van der Waals surface area contributed by atoms with Crippen LogP contribution in [0, 0.1) is 13.5 Å². The van der Waals surface area contributed by atoms with E-state index in [1.807, 2.05) is 43.9 Å². The zero-order valence-corrected chi connectivity index (χ0v) is 12.5. The largest absolute Gasteiger partial charge is 0.473 e. The van der Waals surface area contributed by atoms with E-state index in [4.69, 9.17) is 11.3 Å². The molecule has 1 spiro atoms. The zero-order chi connectivity index (χ0) is 15.2. The number of anilines is 1. The number of nitrogens with one attached hydrogen (secondary N) is 1. The van der Waals surface area contributed by atoms with E-state index in [1.165, 1.54) is 0 Å². The number of nitrogens with zero attached hydrogens (tertiary/aromatic N) is 2. The molecule has 2 heterocycles. The van der Waals surface area contributed by atoms with Crippen LogP contribution in [0.4, 0.5) is 5.69 Å². The van der Waals surface area contributed by atoms with E-state index in [0.29, 0.717) is 18.7 Å². The second kappa shape index (κ2) is 4.74. The Morgan fingerprint density at radius 3 is 2.90 bits per heavy atom. The van der Waals surface area contributed by atoms with Gasteiger partial charge in [0, 0.05) is 6.04 Å². The fourth-order valence-corrected chi connectivity index (χ4v) is 3.13. The molecule has 5 nitrogen and oxygen atoms in total. The molecule has 1 aromatic rings. The number of carbonyl (C=O) groups excluding carboxylic acids is 1. The number of hydrogen-bond donors (Lipinski definition) is 1. The number of benzene rings is 1. The molecule has 1 N–H and O–H groups in total. The van der Waals surface area contributed by atoms with Crippen molar-refractivity contribution >= 4 is 11.6 Å². The highest BCUT2D eigenvalue weighted by Crippen LogP contribution is 2.42. The van der Waals surface area contributed by atoms with Crippen molar-refractivity contribution in [1.29, 1.82) is 0 Å². The van der Waals surface area contributed by atoms with Crippen LogP contribution >= 0.6 is 0 Å². The maximum Gasteiger partial charge on any atom is 0.284 e. The number of carbonyl (C=O) groups is 1. The van der Waals surface area contributed by atoms with E-state index in [-0.39, 0.29) is 18.1 Å². The third kappa shape index (κ3) is 2.07. The van der Waals surface area contributed by atoms with Gasteiger partial charge in [-0.1, -0.05) is 12.1 Å². The van der Waals surface area contributed by atoms with Crippen molar-refractivity contribution < 1.29 is 9.53 Å². The number of para-hydroxylation sites is 1. The number of aryl methyl sites for hydroxylation is 1. The van der Waals surface area contributed by atoms with Gasteiger partial charge >= 0.3 is 0 Å². The molecule has 0 aliphatic carbocycles. The maximum absolute atomic E-state index is 12.6. The molecule has 2 atom stereocenters. The first-order valence-corrected chi connectivity index (χ1v) is 7.19. The molecule has 1 aromatic carbocycles. The van der Waals surface area contributed by atoms with E-state index in [0.717, 1.165) is 11.3 Å². The summed E-state index contributed by atoms with van der Waals surface area (Å²) >= 11 is 0. The van der Waals surface area contributed by atoms with Gasteiger partial charge in [-0.05, 0) is 32.4 Å². The number of ether oxygens (including phenoxy) is 1. The van der Waals surface area contributed by atoms with Gasteiger partial charge in [-0.15, -0.1) is 0 Å². The monoisotopic (exact) mass is 285 g/mol. The lowest BCUT2D eigenvalue weighted by atomic mass is 9.98. The average molecular weight is 285 g/mol. The van der Waals surface area contributed by atoms with Gasteiger partial charge in [0.15, 0.2) is 0 Å². The number of hydrogen-bond acceptors (Lipinski definition) is 3. The summed E-state index contributed by atoms with van der Waals surface area (Å²) in [7, 11) is 0. The molecular formula is C16H19N3O2. The first-order chi connectivity index (χ1) is 9.97. The summed E-state index contributed by atoms with van der Waals surface area (Å²) in [6.45, 7) is 13.9. The summed E-state index contributed by atoms with van der Waals surface area (Å²) < 4.78 is 6.14. The Balaban J connectivity index is 1.99. The second-order valence-corrected chi connectivity index (χ2v) is 6.08. The quantitative estimate of drug-likeness (QED) is 0.806. The molecule has 2 aliphatic heterocycles. The number of rotatable bonds is 1. The minimum atomic E-state index is -0.946. The topological polar surface area (TPSA) is 45.9 Å². The van der Waals surface area contributed by atoms with Crippen molar-refractivity contribution in [3.8, 4) is 5.75 Å². The SMILES string of the molecule is [C-]#[N+][C@@H]1C[C@]2(CN1C(C)C)Oc1c(C)cccc1NC2=O. The van der Waals surface area contributed by atoms with Gasteiger partial charge in [-0.25, -0.2) is 11.5 Å². The molecule has 1 amide bonds. The van der Waals surface area contributed by atoms with Crippen LogP contribution in [-0.2, 0) is 4.79 Å². The highest BCUT2D eigenvalue weighted by Gasteiger charge is 2.57. The number of fused-ring (bicyclic) bond motifs is 1. The molecule has 0 bridgehead atoms. The van der Waals surface area contributed by atoms with Crippen LogP contribution < -0.4 is 10.1 Å². The van der Waals surface area contributed by atoms with Gasteiger partial charge in [0.1, 0.15) is 5.75 Å². The standard InChI is InChI=1S/C16H19N3O2/c1-10(2)19-9-16(8-13(19)17-4)15(20)18-12-7-5-6-11(3)14(12)21-16/h5-7,10,13H,8-9H2,1-3H3,(H,18,20)/t13-,16+/m0/s1. The Bertz CT molecular complexity index is 635. The molecule has 0 saturated carbocycles. The summed E-state index contributed by atoms with van der Waals surface area (Å²) in [5.74, 6) is 0.587. The molecule has 3 rings (SSSR count). The summed E-state index contributed by atoms with van der Waals surface area (Å²) in [6.07, 6.45) is 0.107. The fraction of sp³-hybridized carbons (Fsp3) is 0.500. The molecule has 110 valence electrons. The summed E-state index contributed by atoms with van der Waals surface area (Å²) in [4.78, 5) is 18.3. The molecule has 5 heteroatoms. The van der Waals surface area contributed by atoms with Crippen molar-refractivity contribution in [3.63, 3.8) is 0 Å². The Kier molecular flexibility index (Phi) is 3.14. The first kappa shape index (κ1) is 13.9. The molecule has 0 aromatic heterocycles. The van der Waals surface area contributed by atoms with E-state index < -0.39 is 5.60 Å². The molecule has 0 unspecified atom stereocenters. The first-order valence-electron chi connectivity index (χ1n) is 7.19. The third-order valence-corrected chi connectivity index (χ3v) is 4.32. The molecular weight excluding hydrogens is 266 g/mol. The van der Waals surface area contributed by atoms with Gasteiger partial charge in [0.25, 0.3) is 12.1 Å². The van der Waals surface area contributed by atoms with Gasteiger partial charge < -0.3 is 10.1 Å². The van der Waals surface area contributed by atoms with Gasteiger partial charge in [0.2, 0.25) is 5.60 Å². The van der Waals surface area contributed by atoms with Crippen LogP contribution in [-0.4, -0.2) is 35.2 Å². The smallest absolute Gasteiger partial charge is 0.284 e. The Labute approximate surface area is 124 Å². The third-order valence-electron chi connectivity index (χ3n) is 4.32. The van der Waals surface area contributed by atoms with Crippen LogP contribution in [0.5, 0.6) is 5.75 Å². The van der Waals surface area contributed by atoms with Crippen LogP contribution in [0.15, 0.2) is 18.2 Å². The van der Waals surface area contributed by atoms with Gasteiger partial charge in [0.05, 0.1) is 18.7 Å². The van der Waals surface area contributed by atoms with Crippen molar-refractivity contribution in [2.75, 3.05) is 11.9 Å². The van der Waals surface area contributed by atoms with Crippen molar-refractivity contribution in [1.82, 2.24) is 4.90 Å². The molecule has 1 fully saturated rings. The summed E-state index contributed by atoms with van der Waals surface area (Å²) in [6, 6.07) is 5.91. The number of likely N-dealkylation sites (tertiary alicyclic amines) is 1. The van der Waals surface area contributed by atoms with Crippen LogP contribution in [0.1, 0.15) is 25.8 Å². The predicted molar refractivity (Wildman–Crippen MR) is 80.0 cm³/mol. The van der Waals surface area contributed by atoms with Crippen LogP contribution in [0.2, 0.25) is 0 Å². The lowest BCUT2D eigenvalue weighted by molar-refractivity contribution is -0.131. The van der Waals surface area contributed by atoms with E-state index >= 15 is 0 Å². The van der Waals surface area contributed by atoms with Crippen molar-refractivity contribution in [2.24, 2.45) is 0 Å². The van der Waals surface area contributed by atoms with E-state index in [9.17, 15) is 4.79 Å². The van der Waals surface area contributed by atoms with Gasteiger partial charge in [-0.2, -0.15) is 0 Å². The Morgan fingerprint density at radius 1 is 1.52 bits per heavy atom. The highest BCUT2D eigenvalue weighted by atomic mass is 16.5. The van der Waals surface area contributed by atoms with Gasteiger partial charge in [-0.3, -0.25) is 9.64 Å². The lowest BCUT2D eigenvalue weighted by Gasteiger charge is -2.34. The van der Waals surface area contributed by atoms with E-state index in [1.54, 1.807) is 0 Å². The highest BCUT2D eigenvalue weighted by molar-refractivity contribution is 6.01. The summed E-state index contributed by atoms with van der Waals surface area (Å²) in [5, 5.41) is 2.94. The number of amides is 1. The minimum Gasteiger partial charge on any atom is -0.473 e. The zero-order valence-electron chi connectivity index (χ0n) is 12.5. The van der Waals surface area contributed by atoms with Crippen LogP contribution in [0.3, 0.4) is 0 Å². The van der Waals surface area contributed by atoms with Crippen LogP contribution in [0.25, 0.3) is 4.85 Å². The predicted octanol–water partition coefficient (Wildman–Crippen LogP) is 2.42.